The Morgan fingerprint density at radius 3 is 2.75 bits per heavy atom. The number of H-pyrrole nitrogens is 1. The first-order valence-electron chi connectivity index (χ1n) is 8.67. The fourth-order valence-corrected chi connectivity index (χ4v) is 5.29. The summed E-state index contributed by atoms with van der Waals surface area (Å²) in [5, 5.41) is 10.2. The van der Waals surface area contributed by atoms with Crippen LogP contribution in [0.5, 0.6) is 0 Å². The summed E-state index contributed by atoms with van der Waals surface area (Å²) in [6.07, 6.45) is 7.92. The second-order valence-electron chi connectivity index (χ2n) is 6.79. The van der Waals surface area contributed by atoms with Crippen molar-refractivity contribution in [1.82, 2.24) is 9.97 Å². The molecule has 0 aromatic carbocycles. The summed E-state index contributed by atoms with van der Waals surface area (Å²) in [7, 11) is 0. The van der Waals surface area contributed by atoms with E-state index >= 15 is 0 Å². The van der Waals surface area contributed by atoms with Gasteiger partial charge in [-0.3, -0.25) is 9.59 Å². The van der Waals surface area contributed by atoms with Crippen molar-refractivity contribution < 1.29 is 4.79 Å². The molecule has 5 nitrogen and oxygen atoms in total. The van der Waals surface area contributed by atoms with Crippen LogP contribution in [-0.4, -0.2) is 15.8 Å². The molecule has 2 aromatic heterocycles. The van der Waals surface area contributed by atoms with Crippen molar-refractivity contribution in [1.29, 1.82) is 5.26 Å². The topological polar surface area (TPSA) is 86.6 Å². The minimum atomic E-state index is -0.954. The van der Waals surface area contributed by atoms with Gasteiger partial charge < -0.3 is 4.98 Å². The maximum absolute atomic E-state index is 12.6. The van der Waals surface area contributed by atoms with Crippen molar-refractivity contribution in [2.45, 2.75) is 57.3 Å². The molecule has 1 N–H and O–H groups in total. The van der Waals surface area contributed by atoms with E-state index in [2.05, 4.69) is 16.0 Å². The smallest absolute Gasteiger partial charge is 0.259 e. The molecule has 1 fully saturated rings. The van der Waals surface area contributed by atoms with Crippen molar-refractivity contribution in [3.05, 3.63) is 26.6 Å². The summed E-state index contributed by atoms with van der Waals surface area (Å²) in [5.41, 5.74) is 0.922. The molecule has 0 amide bonds. The number of nitrogens with zero attached hydrogens (tertiary/aromatic N) is 2. The first-order chi connectivity index (χ1) is 11.7. The van der Waals surface area contributed by atoms with Gasteiger partial charge in [0.05, 0.1) is 11.5 Å². The average molecular weight is 341 g/mol. The number of thiophene rings is 1. The summed E-state index contributed by atoms with van der Waals surface area (Å²) in [5.74, 6) is -0.874. The second-order valence-corrected chi connectivity index (χ2v) is 7.87. The number of ketones is 1. The predicted octanol–water partition coefficient (Wildman–Crippen LogP) is 3.23. The quantitative estimate of drug-likeness (QED) is 0.928. The molecule has 4 rings (SSSR count). The number of rotatable bonds is 3. The van der Waals surface area contributed by atoms with Gasteiger partial charge in [-0.1, -0.05) is 12.8 Å². The number of hydrogen-bond acceptors (Lipinski definition) is 5. The Morgan fingerprint density at radius 1 is 1.25 bits per heavy atom. The fourth-order valence-electron chi connectivity index (χ4n) is 4.02. The molecule has 0 aliphatic heterocycles. The molecule has 1 atom stereocenters. The third-order valence-corrected chi connectivity index (χ3v) is 6.47. The van der Waals surface area contributed by atoms with Crippen molar-refractivity contribution >= 4 is 27.3 Å². The van der Waals surface area contributed by atoms with Crippen LogP contribution in [0.4, 0.5) is 0 Å². The van der Waals surface area contributed by atoms with Gasteiger partial charge in [-0.05, 0) is 44.1 Å². The Bertz CT molecular complexity index is 899. The van der Waals surface area contributed by atoms with Gasteiger partial charge in [0.2, 0.25) is 0 Å². The van der Waals surface area contributed by atoms with Crippen LogP contribution in [0.3, 0.4) is 0 Å². The van der Waals surface area contributed by atoms with E-state index < -0.39 is 5.92 Å². The maximum Gasteiger partial charge on any atom is 0.259 e. The molecule has 2 aromatic rings. The Balaban J connectivity index is 1.77. The van der Waals surface area contributed by atoms with E-state index in [-0.39, 0.29) is 23.1 Å². The highest BCUT2D eigenvalue weighted by molar-refractivity contribution is 7.18. The number of hydrogen-bond donors (Lipinski definition) is 1. The van der Waals surface area contributed by atoms with E-state index in [0.29, 0.717) is 10.2 Å². The number of Topliss-reactive ketones (excluding diaryl/α,β-unsaturated/α-hetero) is 1. The number of fused-ring (bicyclic) bond motifs is 3. The molecule has 0 saturated heterocycles. The summed E-state index contributed by atoms with van der Waals surface area (Å²) >= 11 is 1.55. The fraction of sp³-hybridized carbons (Fsp3) is 0.556. The van der Waals surface area contributed by atoms with Gasteiger partial charge in [-0.25, -0.2) is 4.98 Å². The zero-order valence-electron chi connectivity index (χ0n) is 13.4. The molecule has 1 saturated carbocycles. The van der Waals surface area contributed by atoms with Gasteiger partial charge in [0.15, 0.2) is 11.7 Å². The van der Waals surface area contributed by atoms with Crippen molar-refractivity contribution in [3.8, 4) is 6.07 Å². The molecular formula is C18H19N3O2S. The summed E-state index contributed by atoms with van der Waals surface area (Å²) in [4.78, 5) is 34.4. The average Bonchev–Trinajstić information content (AvgIpc) is 3.23. The van der Waals surface area contributed by atoms with Crippen LogP contribution < -0.4 is 5.56 Å². The van der Waals surface area contributed by atoms with Crippen LogP contribution in [0.15, 0.2) is 4.79 Å². The van der Waals surface area contributed by atoms with Crippen LogP contribution in [0.1, 0.15) is 60.7 Å². The summed E-state index contributed by atoms with van der Waals surface area (Å²) in [6, 6.07) is 2.07. The Kier molecular flexibility index (Phi) is 3.97. The zero-order chi connectivity index (χ0) is 16.7. The van der Waals surface area contributed by atoms with E-state index in [1.165, 1.54) is 4.88 Å². The van der Waals surface area contributed by atoms with Crippen molar-refractivity contribution in [3.63, 3.8) is 0 Å². The molecule has 2 aliphatic carbocycles. The van der Waals surface area contributed by atoms with Crippen molar-refractivity contribution in [2.75, 3.05) is 0 Å². The van der Waals surface area contributed by atoms with Gasteiger partial charge in [-0.15, -0.1) is 11.3 Å². The predicted molar refractivity (Wildman–Crippen MR) is 92.2 cm³/mol. The molecule has 0 bridgehead atoms. The van der Waals surface area contributed by atoms with E-state index in [1.807, 2.05) is 0 Å². The van der Waals surface area contributed by atoms with Crippen LogP contribution in [0.2, 0.25) is 0 Å². The van der Waals surface area contributed by atoms with Gasteiger partial charge in [-0.2, -0.15) is 5.26 Å². The van der Waals surface area contributed by atoms with Gasteiger partial charge in [0.1, 0.15) is 10.7 Å². The molecule has 124 valence electrons. The van der Waals surface area contributed by atoms with Gasteiger partial charge in [0, 0.05) is 10.8 Å². The first-order valence-corrected chi connectivity index (χ1v) is 9.48. The first kappa shape index (κ1) is 15.5. The zero-order valence-corrected chi connectivity index (χ0v) is 14.2. The third kappa shape index (κ3) is 2.48. The molecule has 2 aliphatic rings. The molecule has 0 radical (unpaired) electrons. The number of aromatic amines is 1. The third-order valence-electron chi connectivity index (χ3n) is 5.29. The number of aryl methyl sites for hydroxylation is 2. The minimum Gasteiger partial charge on any atom is -0.308 e. The number of carbonyl (C=O) groups is 1. The van der Waals surface area contributed by atoms with Crippen LogP contribution >= 0.6 is 11.3 Å². The van der Waals surface area contributed by atoms with E-state index in [1.54, 1.807) is 11.3 Å². The monoisotopic (exact) mass is 341 g/mol. The van der Waals surface area contributed by atoms with Crippen molar-refractivity contribution in [2.24, 2.45) is 5.92 Å². The molecule has 0 spiro atoms. The second kappa shape index (κ2) is 6.14. The standard InChI is InChI=1S/C18H19N3O2S/c19-9-12(15(22)10-5-1-2-6-10)16-20-17(23)14-11-7-3-4-8-13(11)24-18(14)21-16/h10,12H,1-8H2,(H,20,21,23). The van der Waals surface area contributed by atoms with Crippen LogP contribution in [0, 0.1) is 17.2 Å². The summed E-state index contributed by atoms with van der Waals surface area (Å²) < 4.78 is 0. The molecule has 24 heavy (non-hydrogen) atoms. The maximum atomic E-state index is 12.6. The van der Waals surface area contributed by atoms with Crippen LogP contribution in [-0.2, 0) is 17.6 Å². The lowest BCUT2D eigenvalue weighted by Crippen LogP contribution is -2.23. The summed E-state index contributed by atoms with van der Waals surface area (Å²) in [6.45, 7) is 0. The highest BCUT2D eigenvalue weighted by Crippen LogP contribution is 2.35. The van der Waals surface area contributed by atoms with Crippen LogP contribution in [0.25, 0.3) is 10.2 Å². The lowest BCUT2D eigenvalue weighted by Gasteiger charge is -2.12. The minimum absolute atomic E-state index is 0.0628. The number of nitrogens with one attached hydrogen (secondary N) is 1. The van der Waals surface area contributed by atoms with E-state index in [0.717, 1.165) is 56.9 Å². The molecular weight excluding hydrogens is 322 g/mol. The molecule has 1 unspecified atom stereocenters. The molecule has 2 heterocycles. The Morgan fingerprint density at radius 2 is 2.00 bits per heavy atom. The van der Waals surface area contributed by atoms with Gasteiger partial charge >= 0.3 is 0 Å². The van der Waals surface area contributed by atoms with E-state index in [9.17, 15) is 14.9 Å². The largest absolute Gasteiger partial charge is 0.308 e. The highest BCUT2D eigenvalue weighted by atomic mass is 32.1. The Labute approximate surface area is 143 Å². The molecule has 6 heteroatoms. The number of aromatic nitrogens is 2. The van der Waals surface area contributed by atoms with Gasteiger partial charge in [0.25, 0.3) is 5.56 Å². The normalized spacial score (nSPS) is 19.1. The van der Waals surface area contributed by atoms with E-state index in [4.69, 9.17) is 0 Å². The SMILES string of the molecule is N#CC(C(=O)C1CCCC1)c1nc2sc3c(c2c(=O)[nH]1)CCCC3. The Hall–Kier alpha value is -2.00. The number of carbonyl (C=O) groups excluding carboxylic acids is 1. The lowest BCUT2D eigenvalue weighted by atomic mass is 9.91. The highest BCUT2D eigenvalue weighted by Gasteiger charge is 2.32. The number of nitriles is 1. The lowest BCUT2D eigenvalue weighted by molar-refractivity contribution is -0.123.